The summed E-state index contributed by atoms with van der Waals surface area (Å²) in [5.74, 6) is -0.315. The summed E-state index contributed by atoms with van der Waals surface area (Å²) in [6.45, 7) is 0.411. The summed E-state index contributed by atoms with van der Waals surface area (Å²) in [6, 6.07) is 18.0. The molecule has 5 nitrogen and oxygen atoms in total. The van der Waals surface area contributed by atoms with Gasteiger partial charge in [-0.1, -0.05) is 36.4 Å². The predicted molar refractivity (Wildman–Crippen MR) is 103 cm³/mol. The molecular formula is C22H18FN3O2. The van der Waals surface area contributed by atoms with Gasteiger partial charge in [0.25, 0.3) is 5.91 Å². The number of nitrogens with one attached hydrogen (secondary N) is 1. The molecule has 2 amide bonds. The summed E-state index contributed by atoms with van der Waals surface area (Å²) in [6.07, 6.45) is 1.63. The maximum absolute atomic E-state index is 13.4. The van der Waals surface area contributed by atoms with Crippen LogP contribution in [-0.2, 0) is 11.3 Å². The van der Waals surface area contributed by atoms with Gasteiger partial charge in [-0.3, -0.25) is 9.59 Å². The van der Waals surface area contributed by atoms with Crippen molar-refractivity contribution in [1.82, 2.24) is 9.88 Å². The third-order valence-corrected chi connectivity index (χ3v) is 4.79. The second-order valence-electron chi connectivity index (χ2n) is 6.62. The number of fused-ring (bicyclic) bond motifs is 1. The van der Waals surface area contributed by atoms with Crippen LogP contribution in [0.25, 0.3) is 0 Å². The summed E-state index contributed by atoms with van der Waals surface area (Å²) in [4.78, 5) is 31.3. The van der Waals surface area contributed by atoms with Crippen molar-refractivity contribution in [1.29, 1.82) is 0 Å². The Labute approximate surface area is 161 Å². The number of hydrogen-bond acceptors (Lipinski definition) is 3. The first-order valence-electron chi connectivity index (χ1n) is 8.97. The topological polar surface area (TPSA) is 62.3 Å². The Bertz CT molecular complexity index is 1010. The van der Waals surface area contributed by atoms with Crippen molar-refractivity contribution in [2.75, 3.05) is 5.32 Å². The molecule has 6 heteroatoms. The number of nitrogens with zero attached hydrogens (tertiary/aromatic N) is 2. The van der Waals surface area contributed by atoms with Gasteiger partial charge < -0.3 is 10.2 Å². The molecule has 2 aromatic carbocycles. The first-order chi connectivity index (χ1) is 13.6. The van der Waals surface area contributed by atoms with Crippen LogP contribution in [-0.4, -0.2) is 21.7 Å². The van der Waals surface area contributed by atoms with E-state index in [2.05, 4.69) is 10.3 Å². The van der Waals surface area contributed by atoms with Crippen LogP contribution in [0.4, 0.5) is 10.2 Å². The van der Waals surface area contributed by atoms with E-state index in [1.54, 1.807) is 47.5 Å². The van der Waals surface area contributed by atoms with Crippen molar-refractivity contribution in [3.63, 3.8) is 0 Å². The lowest BCUT2D eigenvalue weighted by Gasteiger charge is -2.28. The second kappa shape index (κ2) is 7.60. The number of pyridine rings is 1. The fourth-order valence-electron chi connectivity index (χ4n) is 3.43. The molecule has 0 radical (unpaired) electrons. The van der Waals surface area contributed by atoms with Crippen molar-refractivity contribution in [3.05, 3.63) is 95.4 Å². The Hall–Kier alpha value is -3.54. The highest BCUT2D eigenvalue weighted by Crippen LogP contribution is 2.33. The summed E-state index contributed by atoms with van der Waals surface area (Å²) >= 11 is 0. The molecule has 1 aliphatic rings. The molecule has 0 aliphatic carbocycles. The zero-order valence-electron chi connectivity index (χ0n) is 15.0. The van der Waals surface area contributed by atoms with Crippen LogP contribution in [0.15, 0.2) is 72.9 Å². The number of anilines is 1. The minimum Gasteiger partial charge on any atom is -0.327 e. The van der Waals surface area contributed by atoms with Gasteiger partial charge in [0.05, 0.1) is 12.5 Å². The van der Waals surface area contributed by atoms with E-state index in [1.807, 2.05) is 18.2 Å². The number of amides is 2. The number of hydrogen-bond donors (Lipinski definition) is 1. The fourth-order valence-corrected chi connectivity index (χ4v) is 3.43. The van der Waals surface area contributed by atoms with E-state index in [0.29, 0.717) is 23.5 Å². The second-order valence-corrected chi connectivity index (χ2v) is 6.62. The first kappa shape index (κ1) is 17.9. The fraction of sp³-hybridized carbons (Fsp3) is 0.136. The summed E-state index contributed by atoms with van der Waals surface area (Å²) in [5.41, 5.74) is 2.27. The quantitative estimate of drug-likeness (QED) is 0.735. The summed E-state index contributed by atoms with van der Waals surface area (Å²) in [5, 5.41) is 2.75. The van der Waals surface area contributed by atoms with Gasteiger partial charge in [0, 0.05) is 18.3 Å². The molecule has 1 aliphatic heterocycles. The van der Waals surface area contributed by atoms with E-state index >= 15 is 0 Å². The van der Waals surface area contributed by atoms with E-state index < -0.39 is 6.04 Å². The highest BCUT2D eigenvalue weighted by Gasteiger charge is 2.34. The number of rotatable bonds is 5. The van der Waals surface area contributed by atoms with Gasteiger partial charge in [0.1, 0.15) is 11.6 Å². The lowest BCUT2D eigenvalue weighted by atomic mass is 10.0. The number of carbonyl (C=O) groups is 2. The molecule has 1 aromatic heterocycles. The number of halogens is 1. The van der Waals surface area contributed by atoms with Gasteiger partial charge in [-0.2, -0.15) is 0 Å². The van der Waals surface area contributed by atoms with Crippen LogP contribution in [0.5, 0.6) is 0 Å². The molecule has 3 aromatic rings. The Morgan fingerprint density at radius 2 is 1.82 bits per heavy atom. The molecule has 0 fully saturated rings. The normalized spacial score (nSPS) is 13.9. The molecule has 4 rings (SSSR count). The molecule has 140 valence electrons. The maximum Gasteiger partial charge on any atom is 0.255 e. The molecule has 28 heavy (non-hydrogen) atoms. The van der Waals surface area contributed by atoms with Crippen LogP contribution >= 0.6 is 0 Å². The van der Waals surface area contributed by atoms with Crippen LogP contribution in [0, 0.1) is 5.82 Å². The Morgan fingerprint density at radius 1 is 1.07 bits per heavy atom. The maximum atomic E-state index is 13.4. The molecule has 1 N–H and O–H groups in total. The summed E-state index contributed by atoms with van der Waals surface area (Å²) in [7, 11) is 0. The molecule has 2 heterocycles. The van der Waals surface area contributed by atoms with Gasteiger partial charge in [0.15, 0.2) is 0 Å². The molecule has 0 spiro atoms. The van der Waals surface area contributed by atoms with Gasteiger partial charge in [-0.25, -0.2) is 9.37 Å². The van der Waals surface area contributed by atoms with Gasteiger partial charge in [-0.15, -0.1) is 0 Å². The van der Waals surface area contributed by atoms with E-state index in [-0.39, 0.29) is 24.1 Å². The Balaban J connectivity index is 1.61. The lowest BCUT2D eigenvalue weighted by molar-refractivity contribution is -0.117. The van der Waals surface area contributed by atoms with Crippen LogP contribution < -0.4 is 5.32 Å². The van der Waals surface area contributed by atoms with Gasteiger partial charge in [-0.05, 0) is 41.5 Å². The molecule has 0 bridgehead atoms. The van der Waals surface area contributed by atoms with Crippen molar-refractivity contribution in [3.8, 4) is 0 Å². The van der Waals surface area contributed by atoms with Crippen LogP contribution in [0.3, 0.4) is 0 Å². The van der Waals surface area contributed by atoms with Crippen molar-refractivity contribution in [2.45, 2.75) is 19.0 Å². The lowest BCUT2D eigenvalue weighted by Crippen LogP contribution is -2.32. The molecule has 0 unspecified atom stereocenters. The van der Waals surface area contributed by atoms with Crippen molar-refractivity contribution < 1.29 is 14.0 Å². The van der Waals surface area contributed by atoms with E-state index in [4.69, 9.17) is 0 Å². The van der Waals surface area contributed by atoms with Crippen molar-refractivity contribution in [2.24, 2.45) is 0 Å². The number of aromatic nitrogens is 1. The van der Waals surface area contributed by atoms with Crippen LogP contribution in [0.1, 0.15) is 33.9 Å². The van der Waals surface area contributed by atoms with E-state index in [1.165, 1.54) is 12.1 Å². The zero-order valence-corrected chi connectivity index (χ0v) is 15.0. The van der Waals surface area contributed by atoms with Crippen molar-refractivity contribution >= 4 is 17.6 Å². The monoisotopic (exact) mass is 375 g/mol. The highest BCUT2D eigenvalue weighted by molar-refractivity contribution is 5.99. The summed E-state index contributed by atoms with van der Waals surface area (Å²) < 4.78 is 13.4. The first-order valence-corrected chi connectivity index (χ1v) is 8.97. The smallest absolute Gasteiger partial charge is 0.255 e. The standard InChI is InChI=1S/C22H18FN3O2/c23-17-10-8-15(9-11-17)19(13-21(27)25-20-7-3-4-12-24-20)26-14-16-5-1-2-6-18(16)22(26)28/h1-12,19H,13-14H2,(H,24,25,27)/t19-/m0/s1. The Morgan fingerprint density at radius 3 is 2.54 bits per heavy atom. The SMILES string of the molecule is O=C(C[C@@H](c1ccc(F)cc1)N1Cc2ccccc2C1=O)Nc1ccccn1. The zero-order chi connectivity index (χ0) is 19.5. The third kappa shape index (κ3) is 3.62. The number of benzene rings is 2. The van der Waals surface area contributed by atoms with E-state index in [9.17, 15) is 14.0 Å². The third-order valence-electron chi connectivity index (χ3n) is 4.79. The van der Waals surface area contributed by atoms with E-state index in [0.717, 1.165) is 5.56 Å². The number of carbonyl (C=O) groups excluding carboxylic acids is 2. The minimum absolute atomic E-state index is 0.0436. The van der Waals surface area contributed by atoms with Crippen LogP contribution in [0.2, 0.25) is 0 Å². The average Bonchev–Trinajstić information content (AvgIpc) is 3.04. The van der Waals surface area contributed by atoms with Gasteiger partial charge >= 0.3 is 0 Å². The molecule has 1 atom stereocenters. The Kier molecular flexibility index (Phi) is 4.85. The van der Waals surface area contributed by atoms with Gasteiger partial charge in [0.2, 0.25) is 5.91 Å². The molecule has 0 saturated carbocycles. The largest absolute Gasteiger partial charge is 0.327 e. The molecule has 0 saturated heterocycles. The minimum atomic E-state index is -0.510. The molecular weight excluding hydrogens is 357 g/mol. The highest BCUT2D eigenvalue weighted by atomic mass is 19.1. The average molecular weight is 375 g/mol. The predicted octanol–water partition coefficient (Wildman–Crippen LogP) is 3.95.